The van der Waals surface area contributed by atoms with Crippen LogP contribution in [0.3, 0.4) is 0 Å². The van der Waals surface area contributed by atoms with Gasteiger partial charge < -0.3 is 21.5 Å². The molecule has 0 saturated carbocycles. The molecule has 2 unspecified atom stereocenters. The van der Waals surface area contributed by atoms with Gasteiger partial charge in [0.1, 0.15) is 5.75 Å². The minimum absolute atomic E-state index is 0.157. The van der Waals surface area contributed by atoms with Crippen molar-refractivity contribution in [3.63, 3.8) is 0 Å². The van der Waals surface area contributed by atoms with E-state index in [0.717, 1.165) is 38.1 Å². The largest absolute Gasteiger partial charge is 0.497 e. The lowest BCUT2D eigenvalue weighted by molar-refractivity contribution is 0.0728. The number of piperidine rings is 1. The average molecular weight is 397 g/mol. The Morgan fingerprint density at radius 2 is 2.19 bits per heavy atom. The molecule has 1 aromatic rings. The molecule has 1 saturated heterocycles. The van der Waals surface area contributed by atoms with Crippen LogP contribution in [0.4, 0.5) is 4.79 Å². The highest BCUT2D eigenvalue weighted by molar-refractivity contribution is 8.05. The van der Waals surface area contributed by atoms with E-state index in [9.17, 15) is 13.2 Å². The van der Waals surface area contributed by atoms with Crippen LogP contribution in [0.1, 0.15) is 30.0 Å². The van der Waals surface area contributed by atoms with Gasteiger partial charge in [-0.2, -0.15) is 0 Å². The number of rotatable bonds is 6. The second-order valence-corrected chi connectivity index (χ2v) is 9.41. The second kappa shape index (κ2) is 7.75. The fourth-order valence-electron chi connectivity index (χ4n) is 4.17. The number of nitrogens with zero attached hydrogens (tertiary/aromatic N) is 1. The molecule has 2 heterocycles. The number of carbonyl (C=O) groups excluding carboxylic acids is 1. The number of amides is 1. The second-order valence-electron chi connectivity index (χ2n) is 7.37. The van der Waals surface area contributed by atoms with Gasteiger partial charge in [-0.05, 0) is 42.5 Å². The van der Waals surface area contributed by atoms with Crippen LogP contribution in [-0.2, 0) is 16.3 Å². The van der Waals surface area contributed by atoms with E-state index in [0.29, 0.717) is 6.54 Å². The Labute approximate surface area is 160 Å². The molecule has 5 N–H and O–H groups in total. The van der Waals surface area contributed by atoms with Gasteiger partial charge in [-0.1, -0.05) is 6.07 Å². The quantitative estimate of drug-likeness (QED) is 0.625. The van der Waals surface area contributed by atoms with E-state index in [4.69, 9.17) is 16.2 Å². The number of methoxy groups -OCH3 is 1. The van der Waals surface area contributed by atoms with Gasteiger partial charge in [0.25, 0.3) is 0 Å². The Bertz CT molecular complexity index is 814. The van der Waals surface area contributed by atoms with Gasteiger partial charge in [0.2, 0.25) is 9.84 Å². The summed E-state index contributed by atoms with van der Waals surface area (Å²) in [6, 6.07) is 6.43. The highest BCUT2D eigenvalue weighted by atomic mass is 32.2. The normalized spacial score (nSPS) is 25.5. The summed E-state index contributed by atoms with van der Waals surface area (Å²) in [6.07, 6.45) is 2.62. The Balaban J connectivity index is 1.75. The predicted octanol–water partition coefficient (Wildman–Crippen LogP) is 0.169. The summed E-state index contributed by atoms with van der Waals surface area (Å²) in [5, 5.41) is 2.04. The van der Waals surface area contributed by atoms with Crippen LogP contribution in [0.25, 0.3) is 0 Å². The van der Waals surface area contributed by atoms with Gasteiger partial charge in [0, 0.05) is 37.8 Å². The van der Waals surface area contributed by atoms with Crippen molar-refractivity contribution in [1.29, 1.82) is 0 Å². The molecule has 0 radical (unpaired) electrons. The summed E-state index contributed by atoms with van der Waals surface area (Å²) < 4.78 is 28.6. The number of sulfone groups is 1. The molecule has 2 aliphatic heterocycles. The summed E-state index contributed by atoms with van der Waals surface area (Å²) in [5.74, 6) is 0.546. The zero-order valence-electron chi connectivity index (χ0n) is 15.6. The van der Waals surface area contributed by atoms with E-state index in [1.165, 1.54) is 11.1 Å². The number of nitrogens with two attached hydrogens (primary N) is 2. The third kappa shape index (κ3) is 4.11. The molecular formula is C18H28N4O4S. The fraction of sp³-hybridized carbons (Fsp3) is 0.611. The van der Waals surface area contributed by atoms with Crippen molar-refractivity contribution in [3.8, 4) is 5.75 Å². The third-order valence-corrected chi connectivity index (χ3v) is 7.20. The number of hydrogen-bond donors (Lipinski definition) is 3. The molecule has 150 valence electrons. The Morgan fingerprint density at radius 3 is 2.85 bits per heavy atom. The van der Waals surface area contributed by atoms with Gasteiger partial charge in [-0.3, -0.25) is 9.69 Å². The number of hydrogen-bond acceptors (Lipinski definition) is 7. The van der Waals surface area contributed by atoms with Crippen molar-refractivity contribution in [2.45, 2.75) is 30.8 Å². The van der Waals surface area contributed by atoms with Crippen LogP contribution < -0.4 is 21.5 Å². The lowest BCUT2D eigenvalue weighted by Gasteiger charge is -2.49. The standard InChI is InChI=1S/C18H28N4O4S/c1-26-14-2-3-15-13(10-14)4-7-22-8-5-18(12-19,11-16(15)22)21-6-9-27(24,25)17(20)23/h2-3,10,16,21H,4-9,11-12,19H2,1H3,(H2,20,23). The number of fused-ring (bicyclic) bond motifs is 3. The summed E-state index contributed by atoms with van der Waals surface area (Å²) in [7, 11) is -2.23. The van der Waals surface area contributed by atoms with Crippen molar-refractivity contribution < 1.29 is 17.9 Å². The lowest BCUT2D eigenvalue weighted by atomic mass is 9.77. The molecule has 0 aromatic heterocycles. The monoisotopic (exact) mass is 396 g/mol. The van der Waals surface area contributed by atoms with Gasteiger partial charge in [0.15, 0.2) is 0 Å². The van der Waals surface area contributed by atoms with Gasteiger partial charge in [-0.15, -0.1) is 0 Å². The van der Waals surface area contributed by atoms with E-state index >= 15 is 0 Å². The van der Waals surface area contributed by atoms with Crippen molar-refractivity contribution in [2.24, 2.45) is 11.5 Å². The summed E-state index contributed by atoms with van der Waals surface area (Å²) in [5.41, 5.74) is 13.2. The Kier molecular flexibility index (Phi) is 5.76. The van der Waals surface area contributed by atoms with Crippen LogP contribution in [0.5, 0.6) is 5.75 Å². The van der Waals surface area contributed by atoms with Crippen LogP contribution >= 0.6 is 0 Å². The number of ether oxygens (including phenoxy) is 1. The van der Waals surface area contributed by atoms with E-state index in [1.54, 1.807) is 7.11 Å². The molecule has 0 spiro atoms. The average Bonchev–Trinajstić information content (AvgIpc) is 2.67. The first-order valence-corrected chi connectivity index (χ1v) is 10.8. The topological polar surface area (TPSA) is 128 Å². The van der Waals surface area contributed by atoms with Gasteiger partial charge in [-0.25, -0.2) is 8.42 Å². The molecule has 0 aliphatic carbocycles. The fourth-order valence-corrected chi connectivity index (χ4v) is 4.75. The molecule has 1 amide bonds. The van der Waals surface area contributed by atoms with Gasteiger partial charge >= 0.3 is 5.24 Å². The maximum atomic E-state index is 11.7. The van der Waals surface area contributed by atoms with Crippen LogP contribution in [0.15, 0.2) is 18.2 Å². The predicted molar refractivity (Wildman–Crippen MR) is 103 cm³/mol. The molecular weight excluding hydrogens is 368 g/mol. The third-order valence-electron chi connectivity index (χ3n) is 5.85. The maximum absolute atomic E-state index is 11.7. The van der Waals surface area contributed by atoms with E-state index < -0.39 is 15.1 Å². The highest BCUT2D eigenvalue weighted by Crippen LogP contribution is 2.41. The number of benzene rings is 1. The van der Waals surface area contributed by atoms with E-state index in [-0.39, 0.29) is 23.9 Å². The highest BCUT2D eigenvalue weighted by Gasteiger charge is 2.41. The first kappa shape index (κ1) is 20.1. The van der Waals surface area contributed by atoms with Crippen molar-refractivity contribution in [2.75, 3.05) is 39.0 Å². The minimum Gasteiger partial charge on any atom is -0.497 e. The first-order valence-electron chi connectivity index (χ1n) is 9.18. The minimum atomic E-state index is -3.90. The lowest BCUT2D eigenvalue weighted by Crippen LogP contribution is -2.60. The molecule has 3 rings (SSSR count). The van der Waals surface area contributed by atoms with Crippen molar-refractivity contribution in [3.05, 3.63) is 29.3 Å². The molecule has 1 fully saturated rings. The summed E-state index contributed by atoms with van der Waals surface area (Å²) >= 11 is 0. The SMILES string of the molecule is COc1ccc2c(c1)CCN1CCC(CN)(NCCS(=O)(=O)C(N)=O)CC21. The van der Waals surface area contributed by atoms with E-state index in [1.807, 2.05) is 6.07 Å². The molecule has 27 heavy (non-hydrogen) atoms. The molecule has 9 heteroatoms. The molecule has 2 aliphatic rings. The number of carbonyl (C=O) groups is 1. The van der Waals surface area contributed by atoms with Gasteiger partial charge in [0.05, 0.1) is 12.9 Å². The first-order chi connectivity index (χ1) is 12.8. The smallest absolute Gasteiger partial charge is 0.333 e. The van der Waals surface area contributed by atoms with E-state index in [2.05, 4.69) is 22.3 Å². The summed E-state index contributed by atoms with van der Waals surface area (Å²) in [4.78, 5) is 13.5. The molecule has 2 atom stereocenters. The Morgan fingerprint density at radius 1 is 1.41 bits per heavy atom. The van der Waals surface area contributed by atoms with Crippen molar-refractivity contribution >= 4 is 15.1 Å². The molecule has 0 bridgehead atoms. The maximum Gasteiger partial charge on any atom is 0.333 e. The van der Waals surface area contributed by atoms with Crippen LogP contribution in [-0.4, -0.2) is 63.1 Å². The number of primary amides is 1. The van der Waals surface area contributed by atoms with Crippen LogP contribution in [0.2, 0.25) is 0 Å². The molecule has 8 nitrogen and oxygen atoms in total. The zero-order chi connectivity index (χ0) is 19.7. The van der Waals surface area contributed by atoms with Crippen molar-refractivity contribution in [1.82, 2.24) is 10.2 Å². The van der Waals surface area contributed by atoms with Crippen LogP contribution in [0, 0.1) is 0 Å². The summed E-state index contributed by atoms with van der Waals surface area (Å²) in [6.45, 7) is 2.44. The zero-order valence-corrected chi connectivity index (χ0v) is 16.4. The Hall–Kier alpha value is -1.68. The molecule has 1 aromatic carbocycles. The number of nitrogens with one attached hydrogen (secondary N) is 1.